The molecule has 0 fully saturated rings. The van der Waals surface area contributed by atoms with Gasteiger partial charge in [0.15, 0.2) is 11.9 Å². The lowest BCUT2D eigenvalue weighted by atomic mass is 9.94. The Labute approximate surface area is 78.2 Å². The number of ether oxygens (including phenoxy) is 1. The highest BCUT2D eigenvalue weighted by molar-refractivity contribution is 5.95. The van der Waals surface area contributed by atoms with Crippen molar-refractivity contribution < 1.29 is 27.8 Å². The van der Waals surface area contributed by atoms with Crippen molar-refractivity contribution in [3.05, 3.63) is 11.8 Å². The van der Waals surface area contributed by atoms with Gasteiger partial charge in [-0.05, 0) is 13.8 Å². The Balaban J connectivity index is 3.05. The summed E-state index contributed by atoms with van der Waals surface area (Å²) in [4.78, 5) is 11.0. The predicted molar refractivity (Wildman–Crippen MR) is 40.3 cm³/mol. The normalized spacial score (nSPS) is 26.9. The van der Waals surface area contributed by atoms with Crippen molar-refractivity contribution in [2.45, 2.75) is 31.7 Å². The summed E-state index contributed by atoms with van der Waals surface area (Å²) >= 11 is 0. The molecule has 0 bridgehead atoms. The van der Waals surface area contributed by atoms with Gasteiger partial charge in [-0.25, -0.2) is 0 Å². The van der Waals surface area contributed by atoms with Gasteiger partial charge in [0.25, 0.3) is 0 Å². The number of hydrogen-bond donors (Lipinski definition) is 1. The van der Waals surface area contributed by atoms with Gasteiger partial charge in [-0.1, -0.05) is 0 Å². The third kappa shape index (κ3) is 1.89. The molecule has 0 aromatic carbocycles. The Bertz CT molecular complexity index is 291. The number of rotatable bonds is 0. The molecule has 0 spiro atoms. The van der Waals surface area contributed by atoms with E-state index < -0.39 is 29.4 Å². The number of carbonyl (C=O) groups excluding carboxylic acids is 1. The molecule has 0 aromatic heterocycles. The number of allylic oxidation sites excluding steroid dienone is 1. The van der Waals surface area contributed by atoms with Crippen LogP contribution in [-0.4, -0.2) is 28.8 Å². The fourth-order valence-electron chi connectivity index (χ4n) is 1.06. The zero-order valence-corrected chi connectivity index (χ0v) is 7.55. The van der Waals surface area contributed by atoms with E-state index in [1.54, 1.807) is 0 Å². The van der Waals surface area contributed by atoms with Crippen molar-refractivity contribution in [3.63, 3.8) is 0 Å². The van der Waals surface area contributed by atoms with Crippen LogP contribution in [0.1, 0.15) is 13.8 Å². The quantitative estimate of drug-likeness (QED) is 0.652. The van der Waals surface area contributed by atoms with E-state index in [4.69, 9.17) is 0 Å². The summed E-state index contributed by atoms with van der Waals surface area (Å²) in [5, 5.41) is 9.20. The van der Waals surface area contributed by atoms with E-state index in [2.05, 4.69) is 4.74 Å². The van der Waals surface area contributed by atoms with Crippen molar-refractivity contribution in [2.75, 3.05) is 0 Å². The number of aliphatic hydroxyl groups is 1. The van der Waals surface area contributed by atoms with Crippen LogP contribution in [0.3, 0.4) is 0 Å². The molecule has 0 radical (unpaired) electrons. The Kier molecular flexibility index (Phi) is 2.35. The van der Waals surface area contributed by atoms with Crippen LogP contribution in [0, 0.1) is 0 Å². The molecule has 1 unspecified atom stereocenters. The summed E-state index contributed by atoms with van der Waals surface area (Å²) in [6, 6.07) is 0. The molecular weight excluding hydrogens is 201 g/mol. The third-order valence-electron chi connectivity index (χ3n) is 1.85. The molecule has 1 heterocycles. The van der Waals surface area contributed by atoms with Crippen LogP contribution >= 0.6 is 0 Å². The summed E-state index contributed by atoms with van der Waals surface area (Å²) in [6.45, 7) is 2.43. The number of hydrogen-bond acceptors (Lipinski definition) is 3. The second kappa shape index (κ2) is 2.98. The third-order valence-corrected chi connectivity index (χ3v) is 1.85. The summed E-state index contributed by atoms with van der Waals surface area (Å²) in [7, 11) is 0. The first kappa shape index (κ1) is 11.0. The average molecular weight is 210 g/mol. The average Bonchev–Trinajstić information content (AvgIpc) is 1.97. The van der Waals surface area contributed by atoms with Crippen LogP contribution < -0.4 is 0 Å². The maximum Gasteiger partial charge on any atom is 0.449 e. The van der Waals surface area contributed by atoms with Crippen LogP contribution in [0.25, 0.3) is 0 Å². The molecule has 0 aliphatic carbocycles. The molecule has 3 nitrogen and oxygen atoms in total. The van der Waals surface area contributed by atoms with Crippen molar-refractivity contribution in [3.8, 4) is 0 Å². The standard InChI is InChI=1S/C8H9F3O3/c1-7(2)6(13)4(12)3-5(14-7)8(9,10)11/h3,6,13H,1-2H3. The van der Waals surface area contributed by atoms with E-state index in [1.807, 2.05) is 0 Å². The van der Waals surface area contributed by atoms with Crippen molar-refractivity contribution in [1.29, 1.82) is 0 Å². The number of alkyl halides is 3. The minimum atomic E-state index is -4.70. The fourth-order valence-corrected chi connectivity index (χ4v) is 1.06. The topological polar surface area (TPSA) is 46.5 Å². The molecule has 1 aliphatic heterocycles. The number of halogens is 3. The predicted octanol–water partition coefficient (Wildman–Crippen LogP) is 1.17. The van der Waals surface area contributed by atoms with Crippen molar-refractivity contribution in [1.82, 2.24) is 0 Å². The Morgan fingerprint density at radius 2 is 2.00 bits per heavy atom. The van der Waals surface area contributed by atoms with Crippen LogP contribution in [0.2, 0.25) is 0 Å². The second-order valence-corrected chi connectivity index (χ2v) is 3.52. The molecule has 14 heavy (non-hydrogen) atoms. The van der Waals surface area contributed by atoms with Gasteiger partial charge in [0, 0.05) is 6.08 Å². The summed E-state index contributed by atoms with van der Waals surface area (Å²) < 4.78 is 41.0. The summed E-state index contributed by atoms with van der Waals surface area (Å²) in [5.41, 5.74) is -1.54. The summed E-state index contributed by atoms with van der Waals surface area (Å²) in [6.07, 6.45) is -5.99. The molecule has 0 amide bonds. The van der Waals surface area contributed by atoms with Crippen LogP contribution in [0.5, 0.6) is 0 Å². The molecule has 6 heteroatoms. The molecule has 0 saturated heterocycles. The van der Waals surface area contributed by atoms with E-state index in [-0.39, 0.29) is 6.08 Å². The van der Waals surface area contributed by atoms with E-state index >= 15 is 0 Å². The van der Waals surface area contributed by atoms with Gasteiger partial charge >= 0.3 is 6.18 Å². The first-order valence-electron chi connectivity index (χ1n) is 3.84. The largest absolute Gasteiger partial charge is 0.480 e. The lowest BCUT2D eigenvalue weighted by molar-refractivity contribution is -0.181. The number of ketones is 1. The van der Waals surface area contributed by atoms with Crippen molar-refractivity contribution in [2.24, 2.45) is 0 Å². The van der Waals surface area contributed by atoms with Gasteiger partial charge in [-0.15, -0.1) is 0 Å². The lowest BCUT2D eigenvalue weighted by Gasteiger charge is -2.34. The molecule has 1 atom stereocenters. The maximum atomic E-state index is 12.2. The zero-order valence-electron chi connectivity index (χ0n) is 7.55. The minimum absolute atomic E-state index is 0.274. The molecule has 80 valence electrons. The lowest BCUT2D eigenvalue weighted by Crippen LogP contribution is -2.48. The smallest absolute Gasteiger partial charge is 0.449 e. The highest BCUT2D eigenvalue weighted by Crippen LogP contribution is 2.34. The summed E-state index contributed by atoms with van der Waals surface area (Å²) in [5.74, 6) is -2.36. The fraction of sp³-hybridized carbons (Fsp3) is 0.625. The van der Waals surface area contributed by atoms with Crippen LogP contribution in [-0.2, 0) is 9.53 Å². The van der Waals surface area contributed by atoms with Gasteiger partial charge in [-0.3, -0.25) is 4.79 Å². The monoisotopic (exact) mass is 210 g/mol. The SMILES string of the molecule is CC1(C)OC(C(F)(F)F)=CC(=O)C1O. The highest BCUT2D eigenvalue weighted by Gasteiger charge is 2.47. The second-order valence-electron chi connectivity index (χ2n) is 3.52. The molecule has 1 aliphatic rings. The van der Waals surface area contributed by atoms with E-state index in [0.29, 0.717) is 0 Å². The van der Waals surface area contributed by atoms with E-state index in [9.17, 15) is 23.1 Å². The molecular formula is C8H9F3O3. The zero-order chi connectivity index (χ0) is 11.1. The van der Waals surface area contributed by atoms with Crippen LogP contribution in [0.4, 0.5) is 13.2 Å². The van der Waals surface area contributed by atoms with Gasteiger partial charge in [0.2, 0.25) is 5.76 Å². The number of carbonyl (C=O) groups is 1. The Morgan fingerprint density at radius 1 is 1.50 bits per heavy atom. The van der Waals surface area contributed by atoms with Gasteiger partial charge in [-0.2, -0.15) is 13.2 Å². The molecule has 0 aromatic rings. The van der Waals surface area contributed by atoms with Crippen LogP contribution in [0.15, 0.2) is 11.8 Å². The first-order chi connectivity index (χ1) is 6.14. The van der Waals surface area contributed by atoms with Gasteiger partial charge in [0.05, 0.1) is 0 Å². The first-order valence-corrected chi connectivity index (χ1v) is 3.84. The Hall–Kier alpha value is -1.04. The molecule has 1 N–H and O–H groups in total. The minimum Gasteiger partial charge on any atom is -0.480 e. The van der Waals surface area contributed by atoms with E-state index in [1.165, 1.54) is 13.8 Å². The number of aliphatic hydroxyl groups excluding tert-OH is 1. The van der Waals surface area contributed by atoms with Gasteiger partial charge in [0.1, 0.15) is 5.60 Å². The molecule has 0 saturated carbocycles. The maximum absolute atomic E-state index is 12.2. The van der Waals surface area contributed by atoms with E-state index in [0.717, 1.165) is 0 Å². The highest BCUT2D eigenvalue weighted by atomic mass is 19.4. The Morgan fingerprint density at radius 3 is 2.36 bits per heavy atom. The molecule has 1 rings (SSSR count). The van der Waals surface area contributed by atoms with Gasteiger partial charge < -0.3 is 9.84 Å². The van der Waals surface area contributed by atoms with Crippen molar-refractivity contribution >= 4 is 5.78 Å².